The van der Waals surface area contributed by atoms with Crippen LogP contribution in [0.15, 0.2) is 42.5 Å². The average Bonchev–Trinajstić information content (AvgIpc) is 2.62. The summed E-state index contributed by atoms with van der Waals surface area (Å²) >= 11 is 0. The molecule has 5 nitrogen and oxygen atoms in total. The Morgan fingerprint density at radius 3 is 2.23 bits per heavy atom. The summed E-state index contributed by atoms with van der Waals surface area (Å²) in [5.41, 5.74) is 1.59. The zero-order valence-corrected chi connectivity index (χ0v) is 15.0. The zero-order valence-electron chi connectivity index (χ0n) is 15.0. The number of alkyl halides is 2. The van der Waals surface area contributed by atoms with E-state index >= 15 is 0 Å². The quantitative estimate of drug-likeness (QED) is 0.736. The fourth-order valence-corrected chi connectivity index (χ4v) is 2.61. The van der Waals surface area contributed by atoms with E-state index in [1.165, 1.54) is 12.1 Å². The number of halogens is 2. The van der Waals surface area contributed by atoms with Crippen LogP contribution in [0.5, 0.6) is 17.2 Å². The van der Waals surface area contributed by atoms with Crippen LogP contribution in [-0.4, -0.2) is 44.4 Å². The molecule has 1 N–H and O–H groups in total. The largest absolute Gasteiger partial charge is 0.497 e. The maximum absolute atomic E-state index is 12.2. The van der Waals surface area contributed by atoms with Crippen LogP contribution in [0.1, 0.15) is 17.2 Å². The highest BCUT2D eigenvalue weighted by molar-refractivity contribution is 5.40. The van der Waals surface area contributed by atoms with Gasteiger partial charge in [-0.2, -0.15) is 8.78 Å². The molecule has 0 aliphatic rings. The van der Waals surface area contributed by atoms with Gasteiger partial charge in [0.05, 0.1) is 20.3 Å². The Balaban J connectivity index is 1.97. The van der Waals surface area contributed by atoms with Crippen molar-refractivity contribution in [3.63, 3.8) is 0 Å². The van der Waals surface area contributed by atoms with Crippen LogP contribution in [0, 0.1) is 0 Å². The van der Waals surface area contributed by atoms with Crippen molar-refractivity contribution in [2.75, 3.05) is 27.8 Å². The number of rotatable bonds is 9. The van der Waals surface area contributed by atoms with E-state index in [2.05, 4.69) is 4.74 Å². The predicted molar refractivity (Wildman–Crippen MR) is 93.9 cm³/mol. The van der Waals surface area contributed by atoms with E-state index in [1.54, 1.807) is 32.4 Å². The molecule has 1 unspecified atom stereocenters. The normalized spacial score (nSPS) is 12.3. The van der Waals surface area contributed by atoms with Crippen molar-refractivity contribution in [2.45, 2.75) is 19.3 Å². The third kappa shape index (κ3) is 5.57. The van der Waals surface area contributed by atoms with Gasteiger partial charge in [-0.15, -0.1) is 0 Å². The Morgan fingerprint density at radius 2 is 1.65 bits per heavy atom. The second kappa shape index (κ2) is 9.35. The first-order valence-corrected chi connectivity index (χ1v) is 8.05. The number of aliphatic hydroxyl groups excluding tert-OH is 1. The summed E-state index contributed by atoms with van der Waals surface area (Å²) in [6.07, 6.45) is -0.759. The second-order valence-corrected chi connectivity index (χ2v) is 5.84. The molecular formula is C19H23F2NO4. The van der Waals surface area contributed by atoms with Gasteiger partial charge in [0.1, 0.15) is 17.2 Å². The molecule has 2 aromatic carbocycles. The van der Waals surface area contributed by atoms with Crippen LogP contribution in [0.3, 0.4) is 0 Å². The molecule has 0 spiro atoms. The number of hydrogen-bond donors (Lipinski definition) is 1. The van der Waals surface area contributed by atoms with Gasteiger partial charge in [0.25, 0.3) is 0 Å². The van der Waals surface area contributed by atoms with E-state index in [0.717, 1.165) is 5.56 Å². The number of benzene rings is 2. The summed E-state index contributed by atoms with van der Waals surface area (Å²) in [4.78, 5) is 1.94. The van der Waals surface area contributed by atoms with Crippen molar-refractivity contribution in [1.82, 2.24) is 4.90 Å². The van der Waals surface area contributed by atoms with E-state index in [4.69, 9.17) is 9.47 Å². The summed E-state index contributed by atoms with van der Waals surface area (Å²) in [6, 6.07) is 11.5. The Morgan fingerprint density at radius 1 is 1.00 bits per heavy atom. The highest BCUT2D eigenvalue weighted by Gasteiger charge is 2.14. The molecule has 0 aliphatic heterocycles. The standard InChI is InChI=1S/C19H23F2NO4/c1-22(11-14-6-9-16(24-2)10-18(14)25-3)12-17(23)13-4-7-15(8-5-13)26-19(20)21/h4-10,17,19,23H,11-12H2,1-3H3. The van der Waals surface area contributed by atoms with Gasteiger partial charge in [-0.05, 0) is 30.8 Å². The molecule has 142 valence electrons. The molecule has 1 atom stereocenters. The highest BCUT2D eigenvalue weighted by atomic mass is 19.3. The van der Waals surface area contributed by atoms with Gasteiger partial charge >= 0.3 is 6.61 Å². The Bertz CT molecular complexity index is 694. The number of aliphatic hydroxyl groups is 1. The molecule has 0 amide bonds. The molecule has 2 aromatic rings. The van der Waals surface area contributed by atoms with Crippen molar-refractivity contribution >= 4 is 0 Å². The van der Waals surface area contributed by atoms with E-state index < -0.39 is 12.7 Å². The van der Waals surface area contributed by atoms with Gasteiger partial charge in [-0.1, -0.05) is 18.2 Å². The van der Waals surface area contributed by atoms with Crippen LogP contribution in [0.4, 0.5) is 8.78 Å². The van der Waals surface area contributed by atoms with Gasteiger partial charge in [0.15, 0.2) is 0 Å². The molecule has 0 saturated carbocycles. The van der Waals surface area contributed by atoms with Crippen LogP contribution in [-0.2, 0) is 6.54 Å². The van der Waals surface area contributed by atoms with Gasteiger partial charge < -0.3 is 19.3 Å². The summed E-state index contributed by atoms with van der Waals surface area (Å²) < 4.78 is 39.2. The van der Waals surface area contributed by atoms with Gasteiger partial charge in [-0.25, -0.2) is 0 Å². The molecule has 0 saturated heterocycles. The Hall–Kier alpha value is -2.38. The molecule has 0 heterocycles. The third-order valence-corrected chi connectivity index (χ3v) is 3.91. The summed E-state index contributed by atoms with van der Waals surface area (Å²) in [5, 5.41) is 10.4. The lowest BCUT2D eigenvalue weighted by molar-refractivity contribution is -0.0498. The molecule has 7 heteroatoms. The number of ether oxygens (including phenoxy) is 3. The number of hydrogen-bond acceptors (Lipinski definition) is 5. The molecular weight excluding hydrogens is 344 g/mol. The number of likely N-dealkylation sites (N-methyl/N-ethyl adjacent to an activating group) is 1. The lowest BCUT2D eigenvalue weighted by atomic mass is 10.1. The molecule has 2 rings (SSSR count). The van der Waals surface area contributed by atoms with Gasteiger partial charge in [0, 0.05) is 24.7 Å². The monoisotopic (exact) mass is 367 g/mol. The van der Waals surface area contributed by atoms with Crippen molar-refractivity contribution in [1.29, 1.82) is 0 Å². The lowest BCUT2D eigenvalue weighted by Crippen LogP contribution is -2.24. The fourth-order valence-electron chi connectivity index (χ4n) is 2.61. The topological polar surface area (TPSA) is 51.2 Å². The molecule has 0 fully saturated rings. The molecule has 0 aromatic heterocycles. The van der Waals surface area contributed by atoms with Crippen LogP contribution >= 0.6 is 0 Å². The molecule has 0 aliphatic carbocycles. The first-order chi connectivity index (χ1) is 12.4. The predicted octanol–water partition coefficient (Wildman–Crippen LogP) is 3.47. The van der Waals surface area contributed by atoms with E-state index in [-0.39, 0.29) is 5.75 Å². The third-order valence-electron chi connectivity index (χ3n) is 3.91. The summed E-state index contributed by atoms with van der Waals surface area (Å²) in [5.74, 6) is 1.48. The minimum absolute atomic E-state index is 0.0623. The Labute approximate surface area is 151 Å². The molecule has 0 bridgehead atoms. The van der Waals surface area contributed by atoms with E-state index in [9.17, 15) is 13.9 Å². The van der Waals surface area contributed by atoms with Crippen LogP contribution in [0.2, 0.25) is 0 Å². The SMILES string of the molecule is COc1ccc(CN(C)CC(O)c2ccc(OC(F)F)cc2)c(OC)c1. The van der Waals surface area contributed by atoms with E-state index in [0.29, 0.717) is 30.2 Å². The number of methoxy groups -OCH3 is 2. The van der Waals surface area contributed by atoms with Gasteiger partial charge in [0.2, 0.25) is 0 Å². The highest BCUT2D eigenvalue weighted by Crippen LogP contribution is 2.26. The maximum atomic E-state index is 12.2. The minimum atomic E-state index is -2.86. The second-order valence-electron chi connectivity index (χ2n) is 5.84. The van der Waals surface area contributed by atoms with Crippen molar-refractivity contribution < 1.29 is 28.1 Å². The van der Waals surface area contributed by atoms with Crippen LogP contribution in [0.25, 0.3) is 0 Å². The number of nitrogens with zero attached hydrogens (tertiary/aromatic N) is 1. The van der Waals surface area contributed by atoms with Crippen molar-refractivity contribution in [2.24, 2.45) is 0 Å². The van der Waals surface area contributed by atoms with Crippen LogP contribution < -0.4 is 14.2 Å². The van der Waals surface area contributed by atoms with E-state index in [1.807, 2.05) is 24.1 Å². The molecule has 0 radical (unpaired) electrons. The molecule has 26 heavy (non-hydrogen) atoms. The maximum Gasteiger partial charge on any atom is 0.387 e. The zero-order chi connectivity index (χ0) is 19.1. The lowest BCUT2D eigenvalue weighted by Gasteiger charge is -2.22. The average molecular weight is 367 g/mol. The van der Waals surface area contributed by atoms with Crippen molar-refractivity contribution in [3.05, 3.63) is 53.6 Å². The summed E-state index contributed by atoms with van der Waals surface area (Å²) in [7, 11) is 5.06. The summed E-state index contributed by atoms with van der Waals surface area (Å²) in [6.45, 7) is -1.93. The fraction of sp³-hybridized carbons (Fsp3) is 0.368. The van der Waals surface area contributed by atoms with Gasteiger partial charge in [-0.3, -0.25) is 4.90 Å². The Kier molecular flexibility index (Phi) is 7.17. The minimum Gasteiger partial charge on any atom is -0.497 e. The first kappa shape index (κ1) is 19.9. The first-order valence-electron chi connectivity index (χ1n) is 8.05. The van der Waals surface area contributed by atoms with Crippen molar-refractivity contribution in [3.8, 4) is 17.2 Å². The smallest absolute Gasteiger partial charge is 0.387 e.